The maximum atomic E-state index is 11.6. The van der Waals surface area contributed by atoms with Crippen LogP contribution in [-0.4, -0.2) is 62.3 Å². The predicted molar refractivity (Wildman–Crippen MR) is 78.5 cm³/mol. The number of imidazole rings is 1. The summed E-state index contributed by atoms with van der Waals surface area (Å²) >= 11 is 0. The number of nitrogens with zero attached hydrogens (tertiary/aromatic N) is 4. The van der Waals surface area contributed by atoms with Crippen LogP contribution in [-0.2, 0) is 22.7 Å². The van der Waals surface area contributed by atoms with Crippen molar-refractivity contribution in [2.24, 2.45) is 0 Å². The number of phosphoric acid groups is 1. The molecule has 0 aromatic carbocycles. The van der Waals surface area contributed by atoms with Crippen LogP contribution >= 0.6 is 7.82 Å². The summed E-state index contributed by atoms with van der Waals surface area (Å²) in [5.74, 6) is 0.184. The lowest BCUT2D eigenvalue weighted by Crippen LogP contribution is -2.34. The second kappa shape index (κ2) is 5.74. The first-order valence-electron chi connectivity index (χ1n) is 6.97. The van der Waals surface area contributed by atoms with E-state index >= 15 is 0 Å². The standard InChI is InChI=1S/C10H13BN5O7P/c12-8-5-9(14-2-13-8)16(3-15-5)10-7(18)6(17)4(21-10)1-20-24(19)22-11-23-24/h2-4,6-7,10-11,17-18H,1H2,(H2,12,13,14)/t4-,6-,7-,10-/m1/s1. The second-order valence-corrected chi connectivity index (χ2v) is 6.92. The number of nitrogens with two attached hydrogens (primary N) is 1. The van der Waals surface area contributed by atoms with Gasteiger partial charge in [0.25, 0.3) is 0 Å². The molecule has 2 aromatic heterocycles. The number of ether oxygens (including phenoxy) is 1. The molecule has 4 atom stereocenters. The molecule has 0 spiro atoms. The van der Waals surface area contributed by atoms with Gasteiger partial charge in [0, 0.05) is 0 Å². The van der Waals surface area contributed by atoms with Gasteiger partial charge in [-0.3, -0.25) is 9.09 Å². The molecule has 2 saturated heterocycles. The summed E-state index contributed by atoms with van der Waals surface area (Å²) in [6.45, 7) is -0.282. The maximum Gasteiger partial charge on any atom is 0.456 e. The molecule has 2 aliphatic rings. The van der Waals surface area contributed by atoms with Crippen molar-refractivity contribution in [1.29, 1.82) is 0 Å². The molecule has 128 valence electrons. The van der Waals surface area contributed by atoms with E-state index < -0.39 is 32.4 Å². The Bertz CT molecular complexity index is 812. The van der Waals surface area contributed by atoms with Gasteiger partial charge in [0.05, 0.1) is 12.9 Å². The number of rotatable bonds is 4. The lowest BCUT2D eigenvalue weighted by molar-refractivity contribution is -0.0513. The molecule has 4 N–H and O–H groups in total. The van der Waals surface area contributed by atoms with E-state index in [4.69, 9.17) is 15.0 Å². The van der Waals surface area contributed by atoms with Crippen LogP contribution in [0.25, 0.3) is 11.2 Å². The molecular formula is C10H13BN5O7P. The molecule has 14 heteroatoms. The Balaban J connectivity index is 1.55. The Kier molecular flexibility index (Phi) is 3.80. The predicted octanol–water partition coefficient (Wildman–Crippen LogP) is -1.53. The average molecular weight is 357 g/mol. The molecule has 2 aromatic rings. The third-order valence-corrected chi connectivity index (χ3v) is 5.13. The van der Waals surface area contributed by atoms with Crippen molar-refractivity contribution < 1.29 is 32.9 Å². The first-order chi connectivity index (χ1) is 11.5. The van der Waals surface area contributed by atoms with Crippen molar-refractivity contribution in [3.8, 4) is 0 Å². The van der Waals surface area contributed by atoms with Crippen molar-refractivity contribution in [3.63, 3.8) is 0 Å². The highest BCUT2D eigenvalue weighted by Crippen LogP contribution is 2.55. The van der Waals surface area contributed by atoms with Crippen molar-refractivity contribution in [3.05, 3.63) is 12.7 Å². The third-order valence-electron chi connectivity index (χ3n) is 3.82. The van der Waals surface area contributed by atoms with E-state index in [1.165, 1.54) is 17.2 Å². The minimum absolute atomic E-state index is 0.112. The van der Waals surface area contributed by atoms with E-state index in [9.17, 15) is 14.8 Å². The van der Waals surface area contributed by atoms with Gasteiger partial charge < -0.3 is 29.6 Å². The smallest absolute Gasteiger partial charge is 0.387 e. The number of fused-ring (bicyclic) bond motifs is 1. The zero-order valence-electron chi connectivity index (χ0n) is 12.1. The van der Waals surface area contributed by atoms with Gasteiger partial charge in [-0.25, -0.2) is 19.5 Å². The molecule has 0 saturated carbocycles. The largest absolute Gasteiger partial charge is 0.456 e. The van der Waals surface area contributed by atoms with E-state index in [0.29, 0.717) is 11.2 Å². The summed E-state index contributed by atoms with van der Waals surface area (Å²) < 4.78 is 33.0. The molecular weight excluding hydrogens is 344 g/mol. The number of aliphatic hydroxyl groups is 2. The van der Waals surface area contributed by atoms with E-state index in [-0.39, 0.29) is 20.1 Å². The number of aliphatic hydroxyl groups excluding tert-OH is 2. The Morgan fingerprint density at radius 1 is 1.33 bits per heavy atom. The Morgan fingerprint density at radius 2 is 2.12 bits per heavy atom. The summed E-state index contributed by atoms with van der Waals surface area (Å²) in [7, 11) is -3.66. The van der Waals surface area contributed by atoms with Gasteiger partial charge in [0.2, 0.25) is 0 Å². The molecule has 4 rings (SSSR count). The fraction of sp³-hybridized carbons (Fsp3) is 0.500. The van der Waals surface area contributed by atoms with Gasteiger partial charge in [0.15, 0.2) is 17.7 Å². The van der Waals surface area contributed by atoms with Crippen molar-refractivity contribution in [1.82, 2.24) is 19.5 Å². The molecule has 0 amide bonds. The molecule has 0 unspecified atom stereocenters. The van der Waals surface area contributed by atoms with Crippen molar-refractivity contribution >= 4 is 32.5 Å². The number of aromatic nitrogens is 4. The fourth-order valence-corrected chi connectivity index (χ4v) is 3.29. The summed E-state index contributed by atoms with van der Waals surface area (Å²) in [6, 6.07) is 0. The average Bonchev–Trinajstić information content (AvgIpc) is 3.08. The van der Waals surface area contributed by atoms with Crippen LogP contribution in [0.4, 0.5) is 5.82 Å². The molecule has 12 nitrogen and oxygen atoms in total. The van der Waals surface area contributed by atoms with Gasteiger partial charge in [-0.05, 0) is 0 Å². The van der Waals surface area contributed by atoms with Crippen LogP contribution in [0.5, 0.6) is 0 Å². The van der Waals surface area contributed by atoms with E-state index in [0.717, 1.165) is 0 Å². The summed E-state index contributed by atoms with van der Waals surface area (Å²) in [5.41, 5.74) is 6.41. The highest BCUT2D eigenvalue weighted by molar-refractivity contribution is 7.53. The van der Waals surface area contributed by atoms with Gasteiger partial charge in [-0.2, -0.15) is 0 Å². The lowest BCUT2D eigenvalue weighted by atomic mass is 10.1. The molecule has 0 aliphatic carbocycles. The van der Waals surface area contributed by atoms with Crippen molar-refractivity contribution in [2.75, 3.05) is 12.3 Å². The Hall–Kier alpha value is -1.60. The van der Waals surface area contributed by atoms with Gasteiger partial charge >= 0.3 is 15.5 Å². The zero-order chi connectivity index (χ0) is 16.9. The third kappa shape index (κ3) is 2.50. The molecule has 24 heavy (non-hydrogen) atoms. The van der Waals surface area contributed by atoms with Crippen LogP contribution in [0.1, 0.15) is 6.23 Å². The zero-order valence-corrected chi connectivity index (χ0v) is 13.0. The number of anilines is 1. The van der Waals surface area contributed by atoms with Gasteiger partial charge in [0.1, 0.15) is 30.2 Å². The molecule has 0 bridgehead atoms. The lowest BCUT2D eigenvalue weighted by Gasteiger charge is -2.26. The molecule has 0 radical (unpaired) electrons. The minimum atomic E-state index is -3.55. The topological polar surface area (TPSA) is 164 Å². The number of hydrogen-bond donors (Lipinski definition) is 3. The second-order valence-electron chi connectivity index (χ2n) is 5.25. The monoisotopic (exact) mass is 357 g/mol. The first-order valence-corrected chi connectivity index (χ1v) is 8.43. The minimum Gasteiger partial charge on any atom is -0.387 e. The number of hydrogen-bond acceptors (Lipinski definition) is 11. The molecule has 4 heterocycles. The first kappa shape index (κ1) is 15.9. The van der Waals surface area contributed by atoms with Crippen LogP contribution in [0.2, 0.25) is 0 Å². The van der Waals surface area contributed by atoms with Crippen LogP contribution in [0.3, 0.4) is 0 Å². The quantitative estimate of drug-likeness (QED) is 0.429. The normalized spacial score (nSPS) is 31.8. The fourth-order valence-electron chi connectivity index (χ4n) is 2.53. The molecule has 2 aliphatic heterocycles. The maximum absolute atomic E-state index is 11.6. The van der Waals surface area contributed by atoms with E-state index in [1.54, 1.807) is 0 Å². The van der Waals surface area contributed by atoms with E-state index in [2.05, 4.69) is 23.8 Å². The highest BCUT2D eigenvalue weighted by atomic mass is 31.2. The van der Waals surface area contributed by atoms with Crippen molar-refractivity contribution in [2.45, 2.75) is 24.5 Å². The van der Waals surface area contributed by atoms with Gasteiger partial charge in [-0.1, -0.05) is 0 Å². The Labute approximate surface area is 135 Å². The van der Waals surface area contributed by atoms with E-state index in [1.807, 2.05) is 0 Å². The summed E-state index contributed by atoms with van der Waals surface area (Å²) in [5, 5.41) is 20.4. The highest BCUT2D eigenvalue weighted by Gasteiger charge is 2.46. The number of nitrogen functional groups attached to an aromatic ring is 1. The Morgan fingerprint density at radius 3 is 2.83 bits per heavy atom. The van der Waals surface area contributed by atoms with Crippen LogP contribution in [0.15, 0.2) is 12.7 Å². The molecule has 2 fully saturated rings. The SMILES string of the molecule is Nc1ncnc2c1ncn2[C@@H]1O[C@H](COP2(=O)OBO2)[C@@H](O)[C@H]1O. The van der Waals surface area contributed by atoms with Crippen LogP contribution < -0.4 is 5.73 Å². The summed E-state index contributed by atoms with van der Waals surface area (Å²) in [4.78, 5) is 12.0. The van der Waals surface area contributed by atoms with Gasteiger partial charge in [-0.15, -0.1) is 0 Å². The summed E-state index contributed by atoms with van der Waals surface area (Å²) in [6.07, 6.45) is -1.85. The van der Waals surface area contributed by atoms with Crippen LogP contribution in [0, 0.1) is 0 Å².